The molecule has 1 atom stereocenters. The van der Waals surface area contributed by atoms with Crippen LogP contribution in [0.4, 0.5) is 4.39 Å². The zero-order chi connectivity index (χ0) is 6.41. The first-order valence-corrected chi connectivity index (χ1v) is 2.75. The summed E-state index contributed by atoms with van der Waals surface area (Å²) in [7, 11) is 0. The second-order valence-electron chi connectivity index (χ2n) is 1.71. The van der Waals surface area contributed by atoms with Gasteiger partial charge in [-0.1, -0.05) is 0 Å². The summed E-state index contributed by atoms with van der Waals surface area (Å²) in [5.41, 5.74) is 5.08. The van der Waals surface area contributed by atoms with Crippen LogP contribution in [-0.4, -0.2) is 24.4 Å². The van der Waals surface area contributed by atoms with Gasteiger partial charge in [0, 0.05) is 6.42 Å². The minimum absolute atomic E-state index is 0.219. The van der Waals surface area contributed by atoms with Crippen molar-refractivity contribution >= 4 is 0 Å². The summed E-state index contributed by atoms with van der Waals surface area (Å²) >= 11 is 0. The Kier molecular flexibility index (Phi) is 4.90. The molecule has 3 N–H and O–H groups in total. The fourth-order valence-corrected chi connectivity index (χ4v) is 0.463. The number of rotatable bonds is 4. The van der Waals surface area contributed by atoms with Crippen LogP contribution in [0.25, 0.3) is 0 Å². The number of hydrogen-bond acceptors (Lipinski definition) is 2. The Labute approximate surface area is 48.5 Å². The van der Waals surface area contributed by atoms with Crippen LogP contribution in [0, 0.1) is 0 Å². The van der Waals surface area contributed by atoms with Crippen molar-refractivity contribution in [1.82, 2.24) is 0 Å². The Morgan fingerprint density at radius 3 is 2.50 bits per heavy atom. The molecule has 0 aliphatic rings. The second-order valence-corrected chi connectivity index (χ2v) is 1.71. The Morgan fingerprint density at radius 2 is 2.12 bits per heavy atom. The lowest BCUT2D eigenvalue weighted by atomic mass is 10.2. The smallest absolute Gasteiger partial charge is 0.0919 e. The summed E-state index contributed by atoms with van der Waals surface area (Å²) in [5, 5.41) is 8.73. The van der Waals surface area contributed by atoms with Gasteiger partial charge in [-0.15, -0.1) is 0 Å². The summed E-state index contributed by atoms with van der Waals surface area (Å²) in [6.45, 7) is -0.0255. The Hall–Kier alpha value is -0.150. The third-order valence-corrected chi connectivity index (χ3v) is 0.942. The van der Waals surface area contributed by atoms with E-state index in [1.165, 1.54) is 0 Å². The van der Waals surface area contributed by atoms with Gasteiger partial charge in [0.25, 0.3) is 0 Å². The highest BCUT2D eigenvalue weighted by atomic mass is 19.1. The van der Waals surface area contributed by atoms with Gasteiger partial charge in [0.1, 0.15) is 0 Å². The minimum Gasteiger partial charge on any atom is -0.393 e. The lowest BCUT2D eigenvalue weighted by Gasteiger charge is -2.03. The van der Waals surface area contributed by atoms with Crippen molar-refractivity contribution in [3.63, 3.8) is 0 Å². The van der Waals surface area contributed by atoms with E-state index < -0.39 is 12.8 Å². The quantitative estimate of drug-likeness (QED) is 0.552. The van der Waals surface area contributed by atoms with Crippen molar-refractivity contribution in [2.45, 2.75) is 18.9 Å². The number of alkyl halides is 1. The summed E-state index contributed by atoms with van der Waals surface area (Å²) in [6.07, 6.45) is 0.186. The van der Waals surface area contributed by atoms with Gasteiger partial charge in [-0.2, -0.15) is 0 Å². The predicted octanol–water partition coefficient (Wildman–Crippen LogP) is 0.0557. The Morgan fingerprint density at radius 1 is 1.50 bits per heavy atom. The topological polar surface area (TPSA) is 46.2 Å². The van der Waals surface area contributed by atoms with Gasteiger partial charge < -0.3 is 10.8 Å². The number of halogens is 1. The van der Waals surface area contributed by atoms with E-state index in [-0.39, 0.29) is 6.42 Å². The normalized spacial score (nSPS) is 13.9. The average molecular weight is 121 g/mol. The van der Waals surface area contributed by atoms with Crippen molar-refractivity contribution in [2.24, 2.45) is 5.73 Å². The van der Waals surface area contributed by atoms with Crippen molar-refractivity contribution in [3.05, 3.63) is 0 Å². The zero-order valence-corrected chi connectivity index (χ0v) is 4.81. The van der Waals surface area contributed by atoms with Gasteiger partial charge in [-0.3, -0.25) is 4.39 Å². The van der Waals surface area contributed by atoms with Crippen LogP contribution in [-0.2, 0) is 0 Å². The molecule has 1 unspecified atom stereocenters. The molecule has 0 aromatic carbocycles. The highest BCUT2D eigenvalue weighted by Crippen LogP contribution is 1.94. The SMILES string of the molecule is NCCC(O)CCF. The number of hydrogen-bond donors (Lipinski definition) is 2. The summed E-state index contributed by atoms with van der Waals surface area (Å²) in [4.78, 5) is 0. The highest BCUT2D eigenvalue weighted by Gasteiger charge is 1.99. The number of nitrogens with two attached hydrogens (primary N) is 1. The molecular weight excluding hydrogens is 109 g/mol. The molecule has 0 aromatic rings. The van der Waals surface area contributed by atoms with E-state index in [1.807, 2.05) is 0 Å². The third kappa shape index (κ3) is 4.02. The number of aliphatic hydroxyl groups excluding tert-OH is 1. The van der Waals surface area contributed by atoms with Gasteiger partial charge >= 0.3 is 0 Å². The monoisotopic (exact) mass is 121 g/mol. The maximum absolute atomic E-state index is 11.4. The van der Waals surface area contributed by atoms with Gasteiger partial charge in [0.15, 0.2) is 0 Å². The first-order chi connectivity index (χ1) is 3.81. The maximum Gasteiger partial charge on any atom is 0.0919 e. The molecule has 2 nitrogen and oxygen atoms in total. The molecule has 0 aliphatic carbocycles. The molecule has 0 saturated heterocycles. The molecule has 0 amide bonds. The van der Waals surface area contributed by atoms with Gasteiger partial charge in [-0.25, -0.2) is 0 Å². The van der Waals surface area contributed by atoms with Gasteiger partial charge in [0.2, 0.25) is 0 Å². The molecule has 0 spiro atoms. The van der Waals surface area contributed by atoms with Crippen molar-refractivity contribution in [3.8, 4) is 0 Å². The lowest BCUT2D eigenvalue weighted by molar-refractivity contribution is 0.147. The summed E-state index contributed by atoms with van der Waals surface area (Å²) in [6, 6.07) is 0. The molecule has 0 aromatic heterocycles. The largest absolute Gasteiger partial charge is 0.393 e. The van der Waals surface area contributed by atoms with E-state index in [0.29, 0.717) is 13.0 Å². The Bertz CT molecular complexity index is 45.7. The number of aliphatic hydroxyl groups is 1. The maximum atomic E-state index is 11.4. The molecule has 0 rings (SSSR count). The molecule has 3 heteroatoms. The van der Waals surface area contributed by atoms with E-state index in [9.17, 15) is 4.39 Å². The van der Waals surface area contributed by atoms with Crippen molar-refractivity contribution in [2.75, 3.05) is 13.2 Å². The van der Waals surface area contributed by atoms with Gasteiger partial charge in [0.05, 0.1) is 12.8 Å². The van der Waals surface area contributed by atoms with Crippen molar-refractivity contribution in [1.29, 1.82) is 0 Å². The average Bonchev–Trinajstić information content (AvgIpc) is 1.68. The van der Waals surface area contributed by atoms with E-state index >= 15 is 0 Å². The molecule has 0 heterocycles. The first kappa shape index (κ1) is 7.85. The van der Waals surface area contributed by atoms with Crippen LogP contribution in [0.15, 0.2) is 0 Å². The third-order valence-electron chi connectivity index (χ3n) is 0.942. The van der Waals surface area contributed by atoms with Crippen LogP contribution >= 0.6 is 0 Å². The van der Waals surface area contributed by atoms with Crippen LogP contribution < -0.4 is 5.73 Å². The summed E-state index contributed by atoms with van der Waals surface area (Å²) < 4.78 is 11.4. The predicted molar refractivity (Wildman–Crippen MR) is 30.3 cm³/mol. The minimum atomic E-state index is -0.537. The van der Waals surface area contributed by atoms with E-state index in [2.05, 4.69) is 0 Å². The van der Waals surface area contributed by atoms with E-state index in [1.54, 1.807) is 0 Å². The molecule has 0 radical (unpaired) electrons. The fourth-order valence-electron chi connectivity index (χ4n) is 0.463. The zero-order valence-electron chi connectivity index (χ0n) is 4.81. The Balaban J connectivity index is 2.92. The van der Waals surface area contributed by atoms with Gasteiger partial charge in [-0.05, 0) is 13.0 Å². The first-order valence-electron chi connectivity index (χ1n) is 2.75. The molecular formula is C5H12FNO. The van der Waals surface area contributed by atoms with Crippen LogP contribution in [0.1, 0.15) is 12.8 Å². The molecule has 0 fully saturated rings. The molecule has 8 heavy (non-hydrogen) atoms. The standard InChI is InChI=1S/C5H12FNO/c6-3-1-5(8)2-4-7/h5,8H,1-4,7H2. The molecule has 0 saturated carbocycles. The van der Waals surface area contributed by atoms with Crippen LogP contribution in [0.3, 0.4) is 0 Å². The second kappa shape index (κ2) is 5.00. The molecule has 0 aliphatic heterocycles. The van der Waals surface area contributed by atoms with Crippen molar-refractivity contribution < 1.29 is 9.50 Å². The van der Waals surface area contributed by atoms with E-state index in [0.717, 1.165) is 0 Å². The van der Waals surface area contributed by atoms with Crippen LogP contribution in [0.5, 0.6) is 0 Å². The molecule has 50 valence electrons. The fraction of sp³-hybridized carbons (Fsp3) is 1.00. The van der Waals surface area contributed by atoms with Crippen LogP contribution in [0.2, 0.25) is 0 Å². The highest BCUT2D eigenvalue weighted by molar-refractivity contribution is 4.53. The summed E-state index contributed by atoms with van der Waals surface area (Å²) in [5.74, 6) is 0. The molecule has 0 bridgehead atoms. The lowest BCUT2D eigenvalue weighted by Crippen LogP contribution is -2.13. The van der Waals surface area contributed by atoms with E-state index in [4.69, 9.17) is 10.8 Å².